The molecule has 2 aromatic rings. The lowest BCUT2D eigenvalue weighted by Gasteiger charge is -2.32. The van der Waals surface area contributed by atoms with Gasteiger partial charge in [-0.25, -0.2) is 0 Å². The van der Waals surface area contributed by atoms with Crippen LogP contribution >= 0.6 is 0 Å². The first-order valence-electron chi connectivity index (χ1n) is 6.47. The Morgan fingerprint density at radius 3 is 3.05 bits per heavy atom. The molecule has 19 heavy (non-hydrogen) atoms. The summed E-state index contributed by atoms with van der Waals surface area (Å²) in [6.07, 6.45) is 1.71. The molecule has 0 fully saturated rings. The van der Waals surface area contributed by atoms with Gasteiger partial charge in [-0.3, -0.25) is 4.90 Å². The maximum atomic E-state index is 5.41. The summed E-state index contributed by atoms with van der Waals surface area (Å²) in [5.74, 6) is 2.89. The van der Waals surface area contributed by atoms with Crippen molar-refractivity contribution < 1.29 is 9.15 Å². The zero-order chi connectivity index (χ0) is 13.2. The Bertz CT molecular complexity index is 535. The highest BCUT2D eigenvalue weighted by atomic mass is 16.5. The molecule has 0 N–H and O–H groups in total. The first kappa shape index (κ1) is 12.4. The topological polar surface area (TPSA) is 56.3 Å². The summed E-state index contributed by atoms with van der Waals surface area (Å²) >= 11 is 0. The van der Waals surface area contributed by atoms with Crippen LogP contribution in [0.4, 0.5) is 0 Å². The second-order valence-corrected chi connectivity index (χ2v) is 4.78. The summed E-state index contributed by atoms with van der Waals surface area (Å²) in [6, 6.07) is 4.16. The van der Waals surface area contributed by atoms with Crippen LogP contribution in [0.1, 0.15) is 30.4 Å². The fourth-order valence-corrected chi connectivity index (χ4v) is 2.54. The number of nitrogens with zero attached hydrogens (tertiary/aromatic N) is 4. The van der Waals surface area contributed by atoms with Crippen LogP contribution in [-0.2, 0) is 24.4 Å². The van der Waals surface area contributed by atoms with Crippen LogP contribution in [0, 0.1) is 0 Å². The van der Waals surface area contributed by atoms with E-state index < -0.39 is 0 Å². The van der Waals surface area contributed by atoms with Gasteiger partial charge in [0.05, 0.1) is 18.8 Å². The van der Waals surface area contributed by atoms with Gasteiger partial charge in [-0.1, -0.05) is 0 Å². The number of methoxy groups -OCH3 is 1. The van der Waals surface area contributed by atoms with E-state index in [0.29, 0.717) is 6.61 Å². The van der Waals surface area contributed by atoms with E-state index in [1.165, 1.54) is 0 Å². The van der Waals surface area contributed by atoms with Crippen LogP contribution in [0.15, 0.2) is 22.8 Å². The van der Waals surface area contributed by atoms with Crippen LogP contribution in [0.2, 0.25) is 0 Å². The van der Waals surface area contributed by atoms with Gasteiger partial charge in [0.1, 0.15) is 18.2 Å². The molecule has 3 rings (SSSR count). The Morgan fingerprint density at radius 1 is 1.42 bits per heavy atom. The van der Waals surface area contributed by atoms with Gasteiger partial charge in [0, 0.05) is 20.2 Å². The predicted octanol–water partition coefficient (Wildman–Crippen LogP) is 1.59. The van der Waals surface area contributed by atoms with Crippen LogP contribution in [-0.4, -0.2) is 33.3 Å². The van der Waals surface area contributed by atoms with Crippen molar-refractivity contribution in [3.8, 4) is 0 Å². The molecule has 6 heteroatoms. The summed E-state index contributed by atoms with van der Waals surface area (Å²) < 4.78 is 12.7. The highest BCUT2D eigenvalue weighted by Gasteiger charge is 2.28. The molecular formula is C13H18N4O2. The quantitative estimate of drug-likeness (QED) is 0.837. The molecule has 0 radical (unpaired) electrons. The minimum atomic E-state index is 0.233. The number of hydrogen-bond acceptors (Lipinski definition) is 5. The van der Waals surface area contributed by atoms with E-state index in [0.717, 1.165) is 37.0 Å². The molecule has 0 amide bonds. The van der Waals surface area contributed by atoms with Crippen molar-refractivity contribution in [3.05, 3.63) is 35.8 Å². The summed E-state index contributed by atoms with van der Waals surface area (Å²) in [7, 11) is 1.68. The lowest BCUT2D eigenvalue weighted by molar-refractivity contribution is 0.135. The van der Waals surface area contributed by atoms with Crippen molar-refractivity contribution in [1.82, 2.24) is 19.7 Å². The summed E-state index contributed by atoms with van der Waals surface area (Å²) in [4.78, 5) is 2.35. The third kappa shape index (κ3) is 2.29. The number of fused-ring (bicyclic) bond motifs is 1. The Labute approximate surface area is 112 Å². The van der Waals surface area contributed by atoms with Gasteiger partial charge >= 0.3 is 0 Å². The second kappa shape index (κ2) is 5.14. The summed E-state index contributed by atoms with van der Waals surface area (Å²) in [6.45, 7) is 5.33. The molecule has 1 atom stereocenters. The van der Waals surface area contributed by atoms with E-state index in [1.807, 2.05) is 12.1 Å². The molecule has 0 unspecified atom stereocenters. The molecule has 1 aliphatic rings. The molecule has 0 bridgehead atoms. The van der Waals surface area contributed by atoms with Crippen molar-refractivity contribution in [2.24, 2.45) is 0 Å². The highest BCUT2D eigenvalue weighted by Crippen LogP contribution is 2.26. The predicted molar refractivity (Wildman–Crippen MR) is 68.3 cm³/mol. The number of rotatable bonds is 4. The van der Waals surface area contributed by atoms with Crippen LogP contribution in [0.3, 0.4) is 0 Å². The van der Waals surface area contributed by atoms with E-state index in [-0.39, 0.29) is 6.04 Å². The van der Waals surface area contributed by atoms with Gasteiger partial charge in [-0.05, 0) is 19.1 Å². The van der Waals surface area contributed by atoms with Gasteiger partial charge < -0.3 is 13.7 Å². The van der Waals surface area contributed by atoms with Gasteiger partial charge in [0.2, 0.25) is 0 Å². The Hall–Kier alpha value is -1.66. The first-order valence-corrected chi connectivity index (χ1v) is 6.47. The molecular weight excluding hydrogens is 244 g/mol. The standard InChI is InChI=1S/C13H18N4O2/c1-10-13-15-14-12(9-18-2)17(13)6-5-16(10)8-11-4-3-7-19-11/h3-4,7,10H,5-6,8-9H2,1-2H3/t10-/m1/s1. The maximum Gasteiger partial charge on any atom is 0.159 e. The molecule has 0 aromatic carbocycles. The molecule has 0 aliphatic carbocycles. The highest BCUT2D eigenvalue weighted by molar-refractivity contribution is 5.05. The van der Waals surface area contributed by atoms with Gasteiger partial charge in [-0.2, -0.15) is 0 Å². The van der Waals surface area contributed by atoms with Crippen LogP contribution in [0.25, 0.3) is 0 Å². The van der Waals surface area contributed by atoms with E-state index in [2.05, 4.69) is 26.6 Å². The average Bonchev–Trinajstić information content (AvgIpc) is 3.04. The lowest BCUT2D eigenvalue weighted by Crippen LogP contribution is -2.37. The summed E-state index contributed by atoms with van der Waals surface area (Å²) in [5.41, 5.74) is 0. The molecule has 0 saturated carbocycles. The molecule has 3 heterocycles. The van der Waals surface area contributed by atoms with Crippen molar-refractivity contribution in [1.29, 1.82) is 0 Å². The van der Waals surface area contributed by atoms with Crippen LogP contribution < -0.4 is 0 Å². The minimum absolute atomic E-state index is 0.233. The Morgan fingerprint density at radius 2 is 2.32 bits per heavy atom. The molecule has 1 aliphatic heterocycles. The minimum Gasteiger partial charge on any atom is -0.468 e. The maximum absolute atomic E-state index is 5.41. The molecule has 6 nitrogen and oxygen atoms in total. The number of hydrogen-bond donors (Lipinski definition) is 0. The first-order chi connectivity index (χ1) is 9.29. The normalized spacial score (nSPS) is 19.6. The fourth-order valence-electron chi connectivity index (χ4n) is 2.54. The van der Waals surface area contributed by atoms with E-state index >= 15 is 0 Å². The third-order valence-electron chi connectivity index (χ3n) is 3.60. The average molecular weight is 262 g/mol. The van der Waals surface area contributed by atoms with Crippen molar-refractivity contribution in [2.45, 2.75) is 32.7 Å². The summed E-state index contributed by atoms with van der Waals surface area (Å²) in [5, 5.41) is 8.50. The molecule has 2 aromatic heterocycles. The van der Waals surface area contributed by atoms with Crippen molar-refractivity contribution in [2.75, 3.05) is 13.7 Å². The smallest absolute Gasteiger partial charge is 0.159 e. The number of ether oxygens (including phenoxy) is 1. The van der Waals surface area contributed by atoms with Crippen molar-refractivity contribution in [3.63, 3.8) is 0 Å². The van der Waals surface area contributed by atoms with E-state index in [1.54, 1.807) is 13.4 Å². The Balaban J connectivity index is 1.78. The van der Waals surface area contributed by atoms with Gasteiger partial charge in [0.15, 0.2) is 5.82 Å². The molecule has 0 spiro atoms. The SMILES string of the molecule is COCc1nnc2n1CCN(Cc1ccco1)[C@@H]2C. The second-order valence-electron chi connectivity index (χ2n) is 4.78. The number of furan rings is 1. The zero-order valence-electron chi connectivity index (χ0n) is 11.2. The number of aromatic nitrogens is 3. The van der Waals surface area contributed by atoms with E-state index in [9.17, 15) is 0 Å². The third-order valence-corrected chi connectivity index (χ3v) is 3.60. The largest absolute Gasteiger partial charge is 0.468 e. The van der Waals surface area contributed by atoms with E-state index in [4.69, 9.17) is 9.15 Å². The van der Waals surface area contributed by atoms with Gasteiger partial charge in [-0.15, -0.1) is 10.2 Å². The van der Waals surface area contributed by atoms with Crippen molar-refractivity contribution >= 4 is 0 Å². The molecule has 102 valence electrons. The Kier molecular flexibility index (Phi) is 3.35. The fraction of sp³-hybridized carbons (Fsp3) is 0.538. The molecule has 0 saturated heterocycles. The van der Waals surface area contributed by atoms with Crippen LogP contribution in [0.5, 0.6) is 0 Å². The monoisotopic (exact) mass is 262 g/mol. The zero-order valence-corrected chi connectivity index (χ0v) is 11.2. The van der Waals surface area contributed by atoms with Gasteiger partial charge in [0.25, 0.3) is 0 Å². The lowest BCUT2D eigenvalue weighted by atomic mass is 10.2.